The maximum atomic E-state index is 13.3. The van der Waals surface area contributed by atoms with Gasteiger partial charge in [0.05, 0.1) is 17.1 Å². The van der Waals surface area contributed by atoms with Crippen molar-refractivity contribution < 1.29 is 14.4 Å². The lowest BCUT2D eigenvalue weighted by molar-refractivity contribution is -0.126. The highest BCUT2D eigenvalue weighted by Gasteiger charge is 2.32. The van der Waals surface area contributed by atoms with Crippen molar-refractivity contribution in [2.75, 3.05) is 6.54 Å². The number of hydrogen-bond acceptors (Lipinski definition) is 5. The summed E-state index contributed by atoms with van der Waals surface area (Å²) in [5.41, 5.74) is 6.73. The molecule has 1 saturated heterocycles. The highest BCUT2D eigenvalue weighted by molar-refractivity contribution is 5.95. The van der Waals surface area contributed by atoms with Gasteiger partial charge in [0.1, 0.15) is 12.1 Å². The molecule has 9 heteroatoms. The Hall–Kier alpha value is -3.41. The molecule has 158 valence electrons. The van der Waals surface area contributed by atoms with E-state index in [1.165, 1.54) is 0 Å². The van der Waals surface area contributed by atoms with Gasteiger partial charge in [-0.3, -0.25) is 14.4 Å². The number of nitrogens with two attached hydrogens (primary N) is 1. The predicted octanol–water partition coefficient (Wildman–Crippen LogP) is 1.26. The lowest BCUT2D eigenvalue weighted by Gasteiger charge is -2.24. The van der Waals surface area contributed by atoms with Gasteiger partial charge in [-0.15, -0.1) is 0 Å². The summed E-state index contributed by atoms with van der Waals surface area (Å²) in [5.74, 6) is -1.40. The molecule has 0 unspecified atom stereocenters. The Kier molecular flexibility index (Phi) is 6.35. The van der Waals surface area contributed by atoms with Crippen molar-refractivity contribution in [3.05, 3.63) is 30.1 Å². The number of carbonyl (C=O) groups is 3. The Balaban J connectivity index is 1.92. The average Bonchev–Trinajstić information content (AvgIpc) is 3.28. The first-order chi connectivity index (χ1) is 14.3. The fraction of sp³-hybridized carbons (Fsp3) is 0.476. The van der Waals surface area contributed by atoms with E-state index in [-0.39, 0.29) is 30.0 Å². The number of nitrogens with one attached hydrogen (secondary N) is 2. The molecule has 30 heavy (non-hydrogen) atoms. The number of amides is 3. The minimum absolute atomic E-state index is 0.000628. The van der Waals surface area contributed by atoms with Crippen LogP contribution in [0.25, 0.3) is 11.0 Å². The lowest BCUT2D eigenvalue weighted by atomic mass is 9.98. The third-order valence-corrected chi connectivity index (χ3v) is 5.28. The van der Waals surface area contributed by atoms with E-state index in [0.717, 1.165) is 0 Å². The van der Waals surface area contributed by atoms with E-state index in [1.54, 1.807) is 28.8 Å². The van der Waals surface area contributed by atoms with Gasteiger partial charge < -0.3 is 20.9 Å². The van der Waals surface area contributed by atoms with E-state index in [2.05, 4.69) is 21.7 Å². The molecule has 1 aromatic heterocycles. The summed E-state index contributed by atoms with van der Waals surface area (Å²) in [4.78, 5) is 41.5. The van der Waals surface area contributed by atoms with Crippen molar-refractivity contribution in [1.82, 2.24) is 20.2 Å². The molecule has 3 atom stereocenters. The molecule has 0 saturated carbocycles. The van der Waals surface area contributed by atoms with Gasteiger partial charge in [-0.1, -0.05) is 26.0 Å². The maximum Gasteiger partial charge on any atom is 0.284 e. The maximum absolute atomic E-state index is 13.3. The topological polar surface area (TPSA) is 143 Å². The van der Waals surface area contributed by atoms with Crippen molar-refractivity contribution in [3.8, 4) is 6.07 Å². The summed E-state index contributed by atoms with van der Waals surface area (Å²) in [6, 6.07) is 7.61. The number of carbonyl (C=O) groups excluding carboxylic acids is 3. The van der Waals surface area contributed by atoms with Gasteiger partial charge >= 0.3 is 0 Å². The zero-order valence-corrected chi connectivity index (χ0v) is 17.1. The molecule has 0 aliphatic carbocycles. The molecule has 4 N–H and O–H groups in total. The molecule has 2 aromatic rings. The van der Waals surface area contributed by atoms with Crippen LogP contribution in [0.5, 0.6) is 0 Å². The molecule has 1 aromatic carbocycles. The Bertz CT molecular complexity index is 1010. The van der Waals surface area contributed by atoms with Crippen LogP contribution in [0.1, 0.15) is 49.8 Å². The Morgan fingerprint density at radius 2 is 2.13 bits per heavy atom. The number of rotatable bonds is 8. The van der Waals surface area contributed by atoms with Crippen LogP contribution in [0.4, 0.5) is 0 Å². The number of benzene rings is 1. The fourth-order valence-electron chi connectivity index (χ4n) is 3.88. The zero-order chi connectivity index (χ0) is 21.8. The van der Waals surface area contributed by atoms with Crippen LogP contribution in [0.15, 0.2) is 24.3 Å². The smallest absolute Gasteiger partial charge is 0.284 e. The van der Waals surface area contributed by atoms with Gasteiger partial charge in [-0.25, -0.2) is 4.98 Å². The Labute approximate surface area is 174 Å². The molecule has 9 nitrogen and oxygen atoms in total. The van der Waals surface area contributed by atoms with E-state index >= 15 is 0 Å². The number of primary amides is 1. The zero-order valence-electron chi connectivity index (χ0n) is 17.1. The molecule has 0 bridgehead atoms. The number of nitriles is 1. The van der Waals surface area contributed by atoms with Crippen LogP contribution >= 0.6 is 0 Å². The molecule has 0 radical (unpaired) electrons. The van der Waals surface area contributed by atoms with Crippen LogP contribution in [-0.4, -0.2) is 39.9 Å². The average molecular weight is 410 g/mol. The highest BCUT2D eigenvalue weighted by atomic mass is 16.2. The summed E-state index contributed by atoms with van der Waals surface area (Å²) in [5, 5.41) is 15.0. The lowest BCUT2D eigenvalue weighted by Crippen LogP contribution is -2.42. The van der Waals surface area contributed by atoms with E-state index in [9.17, 15) is 19.6 Å². The minimum atomic E-state index is -0.812. The van der Waals surface area contributed by atoms with E-state index in [4.69, 9.17) is 5.73 Å². The highest BCUT2D eigenvalue weighted by Crippen LogP contribution is 2.27. The molecule has 1 fully saturated rings. The van der Waals surface area contributed by atoms with Gasteiger partial charge in [-0.2, -0.15) is 5.26 Å². The first kappa shape index (κ1) is 21.3. The van der Waals surface area contributed by atoms with Gasteiger partial charge in [0, 0.05) is 12.5 Å². The third-order valence-electron chi connectivity index (χ3n) is 5.28. The third kappa shape index (κ3) is 4.43. The molecule has 2 heterocycles. The number of aromatic nitrogens is 2. The molecule has 0 spiro atoms. The van der Waals surface area contributed by atoms with E-state index in [0.29, 0.717) is 30.4 Å². The molecule has 1 aliphatic rings. The number of hydrogen-bond donors (Lipinski definition) is 3. The second-order valence-corrected chi connectivity index (χ2v) is 8.01. The number of imidazole rings is 1. The SMILES string of the molecule is CC(C)C[C@@H](C(=O)N[C@H](C#N)C[C@@H]1CCNC1=O)n1c(C(N)=O)nc2ccccc21. The summed E-state index contributed by atoms with van der Waals surface area (Å²) in [6.07, 6.45) is 1.31. The Morgan fingerprint density at radius 1 is 1.40 bits per heavy atom. The van der Waals surface area contributed by atoms with Crippen LogP contribution in [0, 0.1) is 23.2 Å². The number of para-hydroxylation sites is 2. The normalized spacial score (nSPS) is 18.1. The van der Waals surface area contributed by atoms with Crippen LogP contribution in [-0.2, 0) is 9.59 Å². The monoisotopic (exact) mass is 410 g/mol. The molecule has 1 aliphatic heterocycles. The quantitative estimate of drug-likeness (QED) is 0.600. The fourth-order valence-corrected chi connectivity index (χ4v) is 3.88. The standard InChI is InChI=1S/C21H26N6O3/c1-12(2)9-17(21(30)25-14(11-22)10-13-7-8-24-20(13)29)27-16-6-4-3-5-15(16)26-19(27)18(23)28/h3-6,12-14,17H,7-10H2,1-2H3,(H2,23,28)(H,24,29)(H,25,30)/t13-,14-,17-/m0/s1. The molecular formula is C21H26N6O3. The number of fused-ring (bicyclic) bond motifs is 1. The van der Waals surface area contributed by atoms with Crippen molar-refractivity contribution in [2.24, 2.45) is 17.6 Å². The van der Waals surface area contributed by atoms with Crippen LogP contribution < -0.4 is 16.4 Å². The predicted molar refractivity (Wildman–Crippen MR) is 110 cm³/mol. The molecular weight excluding hydrogens is 384 g/mol. The van der Waals surface area contributed by atoms with Gasteiger partial charge in [0.25, 0.3) is 5.91 Å². The first-order valence-electron chi connectivity index (χ1n) is 10.1. The van der Waals surface area contributed by atoms with Crippen molar-refractivity contribution in [1.29, 1.82) is 5.26 Å². The second kappa shape index (κ2) is 8.95. The second-order valence-electron chi connectivity index (χ2n) is 8.01. The van der Waals surface area contributed by atoms with Gasteiger partial charge in [0.2, 0.25) is 17.6 Å². The number of nitrogens with zero attached hydrogens (tertiary/aromatic N) is 3. The Morgan fingerprint density at radius 3 is 2.73 bits per heavy atom. The largest absolute Gasteiger partial charge is 0.363 e. The van der Waals surface area contributed by atoms with Gasteiger partial charge in [0.15, 0.2) is 0 Å². The van der Waals surface area contributed by atoms with Crippen molar-refractivity contribution >= 4 is 28.8 Å². The summed E-state index contributed by atoms with van der Waals surface area (Å²) in [6.45, 7) is 4.51. The molecule has 3 amide bonds. The summed E-state index contributed by atoms with van der Waals surface area (Å²) in [7, 11) is 0. The van der Waals surface area contributed by atoms with Crippen LogP contribution in [0.2, 0.25) is 0 Å². The molecule has 3 rings (SSSR count). The van der Waals surface area contributed by atoms with E-state index in [1.807, 2.05) is 13.8 Å². The van der Waals surface area contributed by atoms with Crippen molar-refractivity contribution in [2.45, 2.75) is 45.2 Å². The van der Waals surface area contributed by atoms with Gasteiger partial charge in [-0.05, 0) is 37.3 Å². The summed E-state index contributed by atoms with van der Waals surface area (Å²) >= 11 is 0. The van der Waals surface area contributed by atoms with Crippen LogP contribution in [0.3, 0.4) is 0 Å². The van der Waals surface area contributed by atoms with Crippen molar-refractivity contribution in [3.63, 3.8) is 0 Å². The minimum Gasteiger partial charge on any atom is -0.363 e. The summed E-state index contributed by atoms with van der Waals surface area (Å²) < 4.78 is 1.56. The van der Waals surface area contributed by atoms with E-state index < -0.39 is 23.9 Å². The first-order valence-corrected chi connectivity index (χ1v) is 10.1.